The molecule has 2 N–H and O–H groups in total. The molecule has 0 saturated carbocycles. The van der Waals surface area contributed by atoms with Crippen molar-refractivity contribution in [1.82, 2.24) is 15.3 Å². The number of hydrogen-bond acceptors (Lipinski definition) is 3. The Bertz CT molecular complexity index is 576. The molecule has 2 unspecified atom stereocenters. The maximum Gasteiger partial charge on any atom is 0.114 e. The zero-order valence-corrected chi connectivity index (χ0v) is 11.1. The number of likely N-dealkylation sites (N-methyl/N-ethyl adjacent to an activating group) is 1. The van der Waals surface area contributed by atoms with E-state index in [1.54, 1.807) is 0 Å². The van der Waals surface area contributed by atoms with E-state index in [1.807, 2.05) is 7.05 Å². The van der Waals surface area contributed by atoms with Crippen LogP contribution < -0.4 is 5.32 Å². The Balaban J connectivity index is 2.05. The second-order valence-electron chi connectivity index (χ2n) is 5.14. The van der Waals surface area contributed by atoms with Gasteiger partial charge in [-0.05, 0) is 38.1 Å². The zero-order valence-electron chi connectivity index (χ0n) is 11.1. The van der Waals surface area contributed by atoms with E-state index in [1.165, 1.54) is 11.1 Å². The molecule has 0 amide bonds. The van der Waals surface area contributed by atoms with E-state index >= 15 is 0 Å². The largest absolute Gasteiger partial charge is 0.379 e. The second kappa shape index (κ2) is 4.37. The lowest BCUT2D eigenvalue weighted by atomic mass is 10.0. The molecule has 0 spiro atoms. The fourth-order valence-electron chi connectivity index (χ4n) is 2.77. The summed E-state index contributed by atoms with van der Waals surface area (Å²) in [6.07, 6.45) is 0. The average Bonchev–Trinajstić information content (AvgIpc) is 2.92. The average molecular weight is 245 g/mol. The number of ether oxygens (including phenoxy) is 1. The molecule has 2 aromatic rings. The highest BCUT2D eigenvalue weighted by atomic mass is 16.5. The van der Waals surface area contributed by atoms with E-state index in [9.17, 15) is 0 Å². The molecule has 96 valence electrons. The molecular formula is C14H19N3O. The Kier molecular flexibility index (Phi) is 2.84. The summed E-state index contributed by atoms with van der Waals surface area (Å²) >= 11 is 0. The van der Waals surface area contributed by atoms with E-state index in [4.69, 9.17) is 9.72 Å². The molecule has 1 aliphatic rings. The van der Waals surface area contributed by atoms with Gasteiger partial charge in [0.1, 0.15) is 5.82 Å². The van der Waals surface area contributed by atoms with Crippen molar-refractivity contribution in [3.05, 3.63) is 29.1 Å². The minimum atomic E-state index is 0.321. The van der Waals surface area contributed by atoms with E-state index in [0.717, 1.165) is 30.1 Å². The molecule has 2 atom stereocenters. The lowest BCUT2D eigenvalue weighted by Gasteiger charge is -2.13. The number of nitrogens with zero attached hydrogens (tertiary/aromatic N) is 1. The van der Waals surface area contributed by atoms with E-state index in [2.05, 4.69) is 36.3 Å². The third-order valence-electron chi connectivity index (χ3n) is 3.74. The van der Waals surface area contributed by atoms with Gasteiger partial charge >= 0.3 is 0 Å². The molecule has 1 fully saturated rings. The number of nitrogens with one attached hydrogen (secondary N) is 2. The minimum absolute atomic E-state index is 0.321. The summed E-state index contributed by atoms with van der Waals surface area (Å²) in [5.74, 6) is 1.36. The van der Waals surface area contributed by atoms with Crippen LogP contribution in [0.25, 0.3) is 11.0 Å². The molecule has 0 radical (unpaired) electrons. The number of fused-ring (bicyclic) bond motifs is 1. The monoisotopic (exact) mass is 245 g/mol. The van der Waals surface area contributed by atoms with Gasteiger partial charge in [-0.3, -0.25) is 0 Å². The molecule has 4 heteroatoms. The first-order valence-corrected chi connectivity index (χ1v) is 6.41. The van der Waals surface area contributed by atoms with Crippen molar-refractivity contribution in [2.75, 3.05) is 20.3 Å². The van der Waals surface area contributed by atoms with Crippen LogP contribution in [0.2, 0.25) is 0 Å². The first-order valence-electron chi connectivity index (χ1n) is 6.41. The molecule has 3 rings (SSSR count). The molecule has 0 bridgehead atoms. The van der Waals surface area contributed by atoms with Gasteiger partial charge in [0, 0.05) is 6.04 Å². The number of imidazole rings is 1. The fraction of sp³-hybridized carbons (Fsp3) is 0.500. The van der Waals surface area contributed by atoms with Crippen LogP contribution in [0.4, 0.5) is 0 Å². The van der Waals surface area contributed by atoms with Gasteiger partial charge < -0.3 is 15.0 Å². The van der Waals surface area contributed by atoms with Gasteiger partial charge in [-0.1, -0.05) is 6.07 Å². The van der Waals surface area contributed by atoms with E-state index in [0.29, 0.717) is 12.0 Å². The molecular weight excluding hydrogens is 226 g/mol. The highest BCUT2D eigenvalue weighted by Crippen LogP contribution is 2.27. The van der Waals surface area contributed by atoms with Gasteiger partial charge in [-0.15, -0.1) is 0 Å². The van der Waals surface area contributed by atoms with Crippen molar-refractivity contribution in [2.45, 2.75) is 25.8 Å². The highest BCUT2D eigenvalue weighted by Gasteiger charge is 2.30. The summed E-state index contributed by atoms with van der Waals surface area (Å²) in [5, 5.41) is 3.30. The summed E-state index contributed by atoms with van der Waals surface area (Å²) < 4.78 is 5.54. The SMILES string of the molecule is CNC1COCC1c1nc2c(C)cc(C)cc2[nH]1. The molecule has 1 aromatic heterocycles. The van der Waals surface area contributed by atoms with E-state index in [-0.39, 0.29) is 0 Å². The normalized spacial score (nSPS) is 23.9. The molecule has 2 heterocycles. The summed E-state index contributed by atoms with van der Waals surface area (Å²) in [7, 11) is 1.98. The number of rotatable bonds is 2. The molecule has 4 nitrogen and oxygen atoms in total. The quantitative estimate of drug-likeness (QED) is 0.849. The Morgan fingerprint density at radius 1 is 1.33 bits per heavy atom. The van der Waals surface area contributed by atoms with Crippen LogP contribution in [0.1, 0.15) is 22.9 Å². The maximum atomic E-state index is 5.54. The molecule has 0 aliphatic carbocycles. The number of hydrogen-bond donors (Lipinski definition) is 2. The predicted octanol–water partition coefficient (Wildman–Crippen LogP) is 1.88. The Morgan fingerprint density at radius 3 is 2.94 bits per heavy atom. The Labute approximate surface area is 107 Å². The molecule has 1 saturated heterocycles. The predicted molar refractivity (Wildman–Crippen MR) is 72.0 cm³/mol. The molecule has 18 heavy (non-hydrogen) atoms. The third-order valence-corrected chi connectivity index (χ3v) is 3.74. The standard InChI is InChI=1S/C14H19N3O/c1-8-4-9(2)13-11(5-8)16-14(17-13)10-6-18-7-12(10)15-3/h4-5,10,12,15H,6-7H2,1-3H3,(H,16,17). The van der Waals surface area contributed by atoms with Crippen LogP contribution in [0.15, 0.2) is 12.1 Å². The Hall–Kier alpha value is -1.39. The van der Waals surface area contributed by atoms with Gasteiger partial charge in [0.2, 0.25) is 0 Å². The lowest BCUT2D eigenvalue weighted by Crippen LogP contribution is -2.31. The van der Waals surface area contributed by atoms with Crippen LogP contribution in [0, 0.1) is 13.8 Å². The van der Waals surface area contributed by atoms with Crippen LogP contribution in [-0.4, -0.2) is 36.3 Å². The number of aryl methyl sites for hydroxylation is 2. The smallest absolute Gasteiger partial charge is 0.114 e. The number of aromatic nitrogens is 2. The van der Waals surface area contributed by atoms with Crippen molar-refractivity contribution in [3.8, 4) is 0 Å². The fourth-order valence-corrected chi connectivity index (χ4v) is 2.77. The summed E-state index contributed by atoms with van der Waals surface area (Å²) in [4.78, 5) is 8.21. The third kappa shape index (κ3) is 1.82. The second-order valence-corrected chi connectivity index (χ2v) is 5.14. The number of H-pyrrole nitrogens is 1. The van der Waals surface area contributed by atoms with Crippen molar-refractivity contribution in [1.29, 1.82) is 0 Å². The van der Waals surface area contributed by atoms with Crippen molar-refractivity contribution in [2.24, 2.45) is 0 Å². The van der Waals surface area contributed by atoms with Crippen LogP contribution in [0.5, 0.6) is 0 Å². The number of aromatic amines is 1. The Morgan fingerprint density at radius 2 is 2.17 bits per heavy atom. The first-order chi connectivity index (χ1) is 8.69. The van der Waals surface area contributed by atoms with Gasteiger partial charge in [-0.25, -0.2) is 4.98 Å². The summed E-state index contributed by atoms with van der Waals surface area (Å²) in [5.41, 5.74) is 4.71. The topological polar surface area (TPSA) is 49.9 Å². The zero-order chi connectivity index (χ0) is 12.7. The molecule has 1 aliphatic heterocycles. The van der Waals surface area contributed by atoms with Crippen LogP contribution in [0.3, 0.4) is 0 Å². The summed E-state index contributed by atoms with van der Waals surface area (Å²) in [6.45, 7) is 5.72. The number of benzene rings is 1. The van der Waals surface area contributed by atoms with Gasteiger partial charge in [0.25, 0.3) is 0 Å². The van der Waals surface area contributed by atoms with Crippen LogP contribution in [-0.2, 0) is 4.74 Å². The van der Waals surface area contributed by atoms with Crippen molar-refractivity contribution < 1.29 is 4.74 Å². The first kappa shape index (κ1) is 11.7. The van der Waals surface area contributed by atoms with Gasteiger partial charge in [0.05, 0.1) is 30.2 Å². The van der Waals surface area contributed by atoms with Gasteiger partial charge in [-0.2, -0.15) is 0 Å². The highest BCUT2D eigenvalue weighted by molar-refractivity contribution is 5.79. The maximum absolute atomic E-state index is 5.54. The molecule has 1 aromatic carbocycles. The van der Waals surface area contributed by atoms with E-state index < -0.39 is 0 Å². The van der Waals surface area contributed by atoms with Crippen LogP contribution >= 0.6 is 0 Å². The van der Waals surface area contributed by atoms with Gasteiger partial charge in [0.15, 0.2) is 0 Å². The van der Waals surface area contributed by atoms with Crippen molar-refractivity contribution >= 4 is 11.0 Å². The summed E-state index contributed by atoms with van der Waals surface area (Å²) in [6, 6.07) is 4.68. The minimum Gasteiger partial charge on any atom is -0.379 e. The van der Waals surface area contributed by atoms with Crippen molar-refractivity contribution in [3.63, 3.8) is 0 Å². The lowest BCUT2D eigenvalue weighted by molar-refractivity contribution is 0.188.